The lowest BCUT2D eigenvalue weighted by atomic mass is 9.90. The minimum atomic E-state index is -0.775. The maximum Gasteiger partial charge on any atom is 0.252 e. The SMILES string of the molecule is COC1(C(=O)NC(C)c2ccc(C)c(F)c2)CCNCC1. The summed E-state index contributed by atoms with van der Waals surface area (Å²) in [7, 11) is 1.57. The van der Waals surface area contributed by atoms with Gasteiger partial charge in [0.25, 0.3) is 5.91 Å². The van der Waals surface area contributed by atoms with E-state index in [9.17, 15) is 9.18 Å². The molecule has 1 aromatic carbocycles. The molecule has 1 saturated heterocycles. The average molecular weight is 294 g/mol. The van der Waals surface area contributed by atoms with Gasteiger partial charge >= 0.3 is 0 Å². The number of hydrogen-bond donors (Lipinski definition) is 2. The zero-order chi connectivity index (χ0) is 15.5. The number of carbonyl (C=O) groups is 1. The van der Waals surface area contributed by atoms with Crippen molar-refractivity contribution in [3.8, 4) is 0 Å². The summed E-state index contributed by atoms with van der Waals surface area (Å²) >= 11 is 0. The van der Waals surface area contributed by atoms with Crippen molar-refractivity contribution in [1.29, 1.82) is 0 Å². The number of amides is 1. The van der Waals surface area contributed by atoms with Gasteiger partial charge in [0.1, 0.15) is 11.4 Å². The molecule has 1 heterocycles. The Bertz CT molecular complexity index is 513. The highest BCUT2D eigenvalue weighted by Crippen LogP contribution is 2.24. The van der Waals surface area contributed by atoms with Gasteiger partial charge in [-0.25, -0.2) is 4.39 Å². The van der Waals surface area contributed by atoms with Crippen LogP contribution in [-0.4, -0.2) is 31.7 Å². The number of aryl methyl sites for hydroxylation is 1. The third-order valence-corrected chi connectivity index (χ3v) is 4.26. The summed E-state index contributed by atoms with van der Waals surface area (Å²) in [6.45, 7) is 5.09. The van der Waals surface area contributed by atoms with Gasteiger partial charge in [-0.2, -0.15) is 0 Å². The van der Waals surface area contributed by atoms with Crippen LogP contribution in [0.15, 0.2) is 18.2 Å². The zero-order valence-electron chi connectivity index (χ0n) is 12.8. The molecule has 1 aromatic rings. The van der Waals surface area contributed by atoms with E-state index in [0.29, 0.717) is 18.4 Å². The maximum atomic E-state index is 13.6. The van der Waals surface area contributed by atoms with Crippen molar-refractivity contribution in [3.63, 3.8) is 0 Å². The maximum absolute atomic E-state index is 13.6. The molecule has 0 spiro atoms. The Morgan fingerprint density at radius 3 is 2.67 bits per heavy atom. The monoisotopic (exact) mass is 294 g/mol. The molecule has 0 bridgehead atoms. The molecule has 1 aliphatic rings. The number of piperidine rings is 1. The second-order valence-electron chi connectivity index (χ2n) is 5.65. The van der Waals surface area contributed by atoms with E-state index in [2.05, 4.69) is 10.6 Å². The number of nitrogens with one attached hydrogen (secondary N) is 2. The Morgan fingerprint density at radius 2 is 2.10 bits per heavy atom. The van der Waals surface area contributed by atoms with E-state index in [1.54, 1.807) is 20.1 Å². The van der Waals surface area contributed by atoms with Gasteiger partial charge in [-0.05, 0) is 57.0 Å². The molecule has 1 unspecified atom stereocenters. The Hall–Kier alpha value is -1.46. The molecule has 4 nitrogen and oxygen atoms in total. The van der Waals surface area contributed by atoms with Crippen molar-refractivity contribution in [2.75, 3.05) is 20.2 Å². The number of carbonyl (C=O) groups excluding carboxylic acids is 1. The predicted molar refractivity (Wildman–Crippen MR) is 79.5 cm³/mol. The van der Waals surface area contributed by atoms with E-state index in [0.717, 1.165) is 18.7 Å². The van der Waals surface area contributed by atoms with Crippen LogP contribution in [0.5, 0.6) is 0 Å². The van der Waals surface area contributed by atoms with Crippen LogP contribution < -0.4 is 10.6 Å². The van der Waals surface area contributed by atoms with Gasteiger partial charge in [-0.3, -0.25) is 4.79 Å². The molecule has 1 fully saturated rings. The van der Waals surface area contributed by atoms with Crippen molar-refractivity contribution in [1.82, 2.24) is 10.6 Å². The van der Waals surface area contributed by atoms with Crippen LogP contribution in [0.2, 0.25) is 0 Å². The first kappa shape index (κ1) is 15.9. The fourth-order valence-electron chi connectivity index (χ4n) is 2.64. The zero-order valence-corrected chi connectivity index (χ0v) is 12.8. The minimum absolute atomic E-state index is 0.125. The first-order chi connectivity index (χ1) is 9.98. The van der Waals surface area contributed by atoms with Crippen LogP contribution in [0.25, 0.3) is 0 Å². The number of ether oxygens (including phenoxy) is 1. The summed E-state index contributed by atoms with van der Waals surface area (Å²) in [5.41, 5.74) is 0.582. The second-order valence-corrected chi connectivity index (χ2v) is 5.65. The highest BCUT2D eigenvalue weighted by atomic mass is 19.1. The first-order valence-electron chi connectivity index (χ1n) is 7.31. The smallest absolute Gasteiger partial charge is 0.252 e. The van der Waals surface area contributed by atoms with Gasteiger partial charge in [0.05, 0.1) is 6.04 Å². The van der Waals surface area contributed by atoms with Gasteiger partial charge in [-0.15, -0.1) is 0 Å². The van der Waals surface area contributed by atoms with Crippen LogP contribution in [0.1, 0.15) is 36.9 Å². The normalized spacial score (nSPS) is 19.0. The van der Waals surface area contributed by atoms with Crippen molar-refractivity contribution >= 4 is 5.91 Å². The van der Waals surface area contributed by atoms with Crippen LogP contribution >= 0.6 is 0 Å². The molecule has 2 rings (SSSR count). The molecule has 0 aromatic heterocycles. The highest BCUT2D eigenvalue weighted by molar-refractivity contribution is 5.85. The molecular formula is C16H23FN2O2. The lowest BCUT2D eigenvalue weighted by molar-refractivity contribution is -0.147. The van der Waals surface area contributed by atoms with E-state index < -0.39 is 5.60 Å². The number of benzene rings is 1. The Balaban J connectivity index is 2.08. The van der Waals surface area contributed by atoms with E-state index in [1.165, 1.54) is 6.07 Å². The van der Waals surface area contributed by atoms with Crippen LogP contribution in [-0.2, 0) is 9.53 Å². The largest absolute Gasteiger partial charge is 0.368 e. The summed E-state index contributed by atoms with van der Waals surface area (Å²) in [5, 5.41) is 6.16. The van der Waals surface area contributed by atoms with E-state index >= 15 is 0 Å². The van der Waals surface area contributed by atoms with Crippen molar-refractivity contribution in [3.05, 3.63) is 35.1 Å². The molecule has 2 N–H and O–H groups in total. The Kier molecular flexibility index (Phi) is 4.96. The fraction of sp³-hybridized carbons (Fsp3) is 0.562. The number of halogens is 1. The van der Waals surface area contributed by atoms with E-state index in [1.807, 2.05) is 13.0 Å². The molecule has 1 atom stereocenters. The predicted octanol–water partition coefficient (Wildman–Crippen LogP) is 2.08. The lowest BCUT2D eigenvalue weighted by Crippen LogP contribution is -2.54. The van der Waals surface area contributed by atoms with Gasteiger partial charge in [0.15, 0.2) is 0 Å². The third kappa shape index (κ3) is 3.41. The number of hydrogen-bond acceptors (Lipinski definition) is 3. The first-order valence-corrected chi connectivity index (χ1v) is 7.31. The quantitative estimate of drug-likeness (QED) is 0.894. The van der Waals surface area contributed by atoms with Gasteiger partial charge in [-0.1, -0.05) is 12.1 Å². The third-order valence-electron chi connectivity index (χ3n) is 4.26. The summed E-state index contributed by atoms with van der Waals surface area (Å²) in [4.78, 5) is 12.5. The lowest BCUT2D eigenvalue weighted by Gasteiger charge is -2.35. The fourth-order valence-corrected chi connectivity index (χ4v) is 2.64. The number of rotatable bonds is 4. The van der Waals surface area contributed by atoms with Gasteiger partial charge in [0.2, 0.25) is 0 Å². The van der Waals surface area contributed by atoms with E-state index in [-0.39, 0.29) is 17.8 Å². The molecule has 116 valence electrons. The van der Waals surface area contributed by atoms with Crippen LogP contribution in [0.3, 0.4) is 0 Å². The van der Waals surface area contributed by atoms with Crippen LogP contribution in [0.4, 0.5) is 4.39 Å². The molecule has 0 radical (unpaired) electrons. The van der Waals surface area contributed by atoms with Crippen LogP contribution in [0, 0.1) is 12.7 Å². The Labute approximate surface area is 125 Å². The molecule has 0 saturated carbocycles. The summed E-state index contributed by atoms with van der Waals surface area (Å²) in [6.07, 6.45) is 1.29. The van der Waals surface area contributed by atoms with Crippen molar-refractivity contribution in [2.24, 2.45) is 0 Å². The molecule has 5 heteroatoms. The summed E-state index contributed by atoms with van der Waals surface area (Å²) in [5.74, 6) is -0.378. The molecule has 1 amide bonds. The topological polar surface area (TPSA) is 50.4 Å². The molecule has 1 aliphatic heterocycles. The van der Waals surface area contributed by atoms with E-state index in [4.69, 9.17) is 4.74 Å². The highest BCUT2D eigenvalue weighted by Gasteiger charge is 2.40. The minimum Gasteiger partial charge on any atom is -0.368 e. The van der Waals surface area contributed by atoms with Gasteiger partial charge in [0, 0.05) is 7.11 Å². The molecule has 21 heavy (non-hydrogen) atoms. The van der Waals surface area contributed by atoms with Crippen molar-refractivity contribution in [2.45, 2.75) is 38.3 Å². The second kappa shape index (κ2) is 6.54. The van der Waals surface area contributed by atoms with Crippen molar-refractivity contribution < 1.29 is 13.9 Å². The summed E-state index contributed by atoms with van der Waals surface area (Å²) in [6, 6.07) is 4.78. The Morgan fingerprint density at radius 1 is 1.43 bits per heavy atom. The summed E-state index contributed by atoms with van der Waals surface area (Å²) < 4.78 is 19.1. The average Bonchev–Trinajstić information content (AvgIpc) is 2.50. The molecule has 0 aliphatic carbocycles. The number of methoxy groups -OCH3 is 1. The van der Waals surface area contributed by atoms with Gasteiger partial charge < -0.3 is 15.4 Å². The standard InChI is InChI=1S/C16H23FN2O2/c1-11-4-5-13(10-14(11)17)12(2)19-15(20)16(21-3)6-8-18-9-7-16/h4-5,10,12,18H,6-9H2,1-3H3,(H,19,20). The molecular weight excluding hydrogens is 271 g/mol.